The zero-order chi connectivity index (χ0) is 30.1. The minimum atomic E-state index is -0.0460. The minimum absolute atomic E-state index is 0.0460. The molecule has 45 heavy (non-hydrogen) atoms. The Kier molecular flexibility index (Phi) is 5.54. The molecule has 0 saturated carbocycles. The van der Waals surface area contributed by atoms with Gasteiger partial charge in [-0.15, -0.1) is 0 Å². The van der Waals surface area contributed by atoms with Crippen molar-refractivity contribution < 1.29 is 4.42 Å². The van der Waals surface area contributed by atoms with Crippen LogP contribution >= 0.6 is 0 Å². The largest absolute Gasteiger partial charge is 0.454 e. The second-order valence-electron chi connectivity index (χ2n) is 12.5. The Morgan fingerprint density at radius 3 is 2.09 bits per heavy atom. The number of fused-ring (bicyclic) bond motifs is 8. The van der Waals surface area contributed by atoms with Crippen molar-refractivity contribution in [1.29, 1.82) is 0 Å². The molecule has 0 fully saturated rings. The molecule has 0 atom stereocenters. The summed E-state index contributed by atoms with van der Waals surface area (Å²) in [5.41, 5.74) is 13.5. The van der Waals surface area contributed by atoms with E-state index in [1.165, 1.54) is 33.4 Å². The van der Waals surface area contributed by atoms with Gasteiger partial charge in [-0.05, 0) is 75.8 Å². The molecular formula is C42H30N2O. The highest BCUT2D eigenvalue weighted by Gasteiger charge is 2.35. The Bertz CT molecular complexity index is 2400. The first-order valence-electron chi connectivity index (χ1n) is 15.5. The van der Waals surface area contributed by atoms with E-state index in [-0.39, 0.29) is 5.41 Å². The SMILES string of the molecule is CC1(C)c2ccccc2-c2cc(N(c3ccc(-c4ccccc4)cc3)c3ccc4oc5c6ccccc6cnc5c4c3)ccc21. The van der Waals surface area contributed by atoms with E-state index in [1.807, 2.05) is 12.3 Å². The first-order valence-corrected chi connectivity index (χ1v) is 15.5. The van der Waals surface area contributed by atoms with E-state index in [2.05, 4.69) is 152 Å². The molecule has 3 heteroatoms. The van der Waals surface area contributed by atoms with Crippen LogP contribution in [0.2, 0.25) is 0 Å². The molecule has 9 rings (SSSR count). The number of hydrogen-bond acceptors (Lipinski definition) is 3. The molecule has 214 valence electrons. The Hall–Kier alpha value is -5.67. The second kappa shape index (κ2) is 9.67. The average Bonchev–Trinajstić information content (AvgIpc) is 3.58. The maximum absolute atomic E-state index is 6.42. The third kappa shape index (κ3) is 3.94. The quantitative estimate of drug-likeness (QED) is 0.208. The maximum atomic E-state index is 6.42. The van der Waals surface area contributed by atoms with Gasteiger partial charge in [0.1, 0.15) is 11.1 Å². The van der Waals surface area contributed by atoms with Crippen LogP contribution in [0, 0.1) is 0 Å². The van der Waals surface area contributed by atoms with E-state index in [4.69, 9.17) is 9.40 Å². The normalized spacial score (nSPS) is 13.3. The van der Waals surface area contributed by atoms with Crippen LogP contribution in [0.25, 0.3) is 55.1 Å². The Labute approximate surface area is 262 Å². The predicted molar refractivity (Wildman–Crippen MR) is 187 cm³/mol. The van der Waals surface area contributed by atoms with E-state index in [9.17, 15) is 0 Å². The molecule has 6 aromatic carbocycles. The van der Waals surface area contributed by atoms with Gasteiger partial charge >= 0.3 is 0 Å². The molecule has 0 aliphatic heterocycles. The average molecular weight is 579 g/mol. The van der Waals surface area contributed by atoms with Crippen LogP contribution in [0.15, 0.2) is 150 Å². The van der Waals surface area contributed by atoms with Crippen LogP contribution in [-0.4, -0.2) is 4.98 Å². The van der Waals surface area contributed by atoms with Gasteiger partial charge in [-0.1, -0.05) is 111 Å². The van der Waals surface area contributed by atoms with Gasteiger partial charge in [0.25, 0.3) is 0 Å². The maximum Gasteiger partial charge on any atom is 0.161 e. The molecular weight excluding hydrogens is 548 g/mol. The summed E-state index contributed by atoms with van der Waals surface area (Å²) in [5, 5.41) is 3.16. The van der Waals surface area contributed by atoms with E-state index in [1.54, 1.807) is 0 Å². The third-order valence-electron chi connectivity index (χ3n) is 9.50. The highest BCUT2D eigenvalue weighted by atomic mass is 16.3. The first-order chi connectivity index (χ1) is 22.1. The number of anilines is 3. The van der Waals surface area contributed by atoms with Crippen LogP contribution in [0.4, 0.5) is 17.1 Å². The lowest BCUT2D eigenvalue weighted by atomic mass is 9.82. The molecule has 0 radical (unpaired) electrons. The van der Waals surface area contributed by atoms with E-state index in [0.29, 0.717) is 0 Å². The lowest BCUT2D eigenvalue weighted by Gasteiger charge is -2.27. The van der Waals surface area contributed by atoms with Crippen molar-refractivity contribution in [3.8, 4) is 22.3 Å². The van der Waals surface area contributed by atoms with Crippen molar-refractivity contribution in [2.75, 3.05) is 4.90 Å². The number of aromatic nitrogens is 1. The van der Waals surface area contributed by atoms with Crippen LogP contribution in [-0.2, 0) is 5.41 Å². The summed E-state index contributed by atoms with van der Waals surface area (Å²) in [4.78, 5) is 7.21. The molecule has 8 aromatic rings. The molecule has 0 N–H and O–H groups in total. The molecule has 0 amide bonds. The fourth-order valence-corrected chi connectivity index (χ4v) is 7.20. The van der Waals surface area contributed by atoms with Gasteiger partial charge < -0.3 is 9.32 Å². The molecule has 1 aliphatic carbocycles. The number of pyridine rings is 1. The zero-order valence-corrected chi connectivity index (χ0v) is 25.2. The monoisotopic (exact) mass is 578 g/mol. The van der Waals surface area contributed by atoms with Crippen LogP contribution < -0.4 is 4.90 Å². The molecule has 1 aliphatic rings. The number of rotatable bonds is 4. The second-order valence-corrected chi connectivity index (χ2v) is 12.5. The fourth-order valence-electron chi connectivity index (χ4n) is 7.20. The van der Waals surface area contributed by atoms with Crippen LogP contribution in [0.3, 0.4) is 0 Å². The summed E-state index contributed by atoms with van der Waals surface area (Å²) < 4.78 is 6.42. The molecule has 0 spiro atoms. The number of furan rings is 1. The van der Waals surface area contributed by atoms with Gasteiger partial charge in [-0.2, -0.15) is 0 Å². The number of benzene rings is 6. The summed E-state index contributed by atoms with van der Waals surface area (Å²) in [6.07, 6.45) is 1.94. The lowest BCUT2D eigenvalue weighted by Crippen LogP contribution is -2.15. The van der Waals surface area contributed by atoms with E-state index in [0.717, 1.165) is 49.9 Å². The third-order valence-corrected chi connectivity index (χ3v) is 9.50. The Morgan fingerprint density at radius 2 is 1.22 bits per heavy atom. The summed E-state index contributed by atoms with van der Waals surface area (Å²) in [7, 11) is 0. The van der Waals surface area contributed by atoms with E-state index < -0.39 is 0 Å². The summed E-state index contributed by atoms with van der Waals surface area (Å²) in [6, 6.07) is 49.9. The molecule has 3 nitrogen and oxygen atoms in total. The van der Waals surface area contributed by atoms with Crippen molar-refractivity contribution in [1.82, 2.24) is 4.98 Å². The van der Waals surface area contributed by atoms with E-state index >= 15 is 0 Å². The molecule has 2 heterocycles. The van der Waals surface area contributed by atoms with Crippen LogP contribution in [0.1, 0.15) is 25.0 Å². The van der Waals surface area contributed by atoms with Gasteiger partial charge in [-0.3, -0.25) is 4.98 Å². The minimum Gasteiger partial charge on any atom is -0.454 e. The van der Waals surface area contributed by atoms with Gasteiger partial charge in [0.05, 0.1) is 0 Å². The highest BCUT2D eigenvalue weighted by molar-refractivity contribution is 6.13. The topological polar surface area (TPSA) is 29.3 Å². The zero-order valence-electron chi connectivity index (χ0n) is 25.2. The summed E-state index contributed by atoms with van der Waals surface area (Å²) in [6.45, 7) is 4.65. The first kappa shape index (κ1) is 25.8. The molecule has 0 unspecified atom stereocenters. The highest BCUT2D eigenvalue weighted by Crippen LogP contribution is 2.50. The molecule has 0 saturated heterocycles. The number of nitrogens with zero attached hydrogens (tertiary/aromatic N) is 2. The van der Waals surface area contributed by atoms with Gasteiger partial charge in [0.15, 0.2) is 5.58 Å². The number of hydrogen-bond donors (Lipinski definition) is 0. The summed E-state index contributed by atoms with van der Waals surface area (Å²) >= 11 is 0. The Balaban J connectivity index is 1.24. The van der Waals surface area contributed by atoms with Gasteiger partial charge in [0.2, 0.25) is 0 Å². The molecule has 0 bridgehead atoms. The van der Waals surface area contributed by atoms with Crippen molar-refractivity contribution >= 4 is 49.9 Å². The van der Waals surface area contributed by atoms with Crippen molar-refractivity contribution in [3.05, 3.63) is 157 Å². The lowest BCUT2D eigenvalue weighted by molar-refractivity contribution is 0.660. The smallest absolute Gasteiger partial charge is 0.161 e. The van der Waals surface area contributed by atoms with Gasteiger partial charge in [0, 0.05) is 44.8 Å². The van der Waals surface area contributed by atoms with Crippen molar-refractivity contribution in [3.63, 3.8) is 0 Å². The van der Waals surface area contributed by atoms with Gasteiger partial charge in [-0.25, -0.2) is 0 Å². The van der Waals surface area contributed by atoms with Crippen LogP contribution in [0.5, 0.6) is 0 Å². The molecule has 2 aromatic heterocycles. The fraction of sp³-hybridized carbons (Fsp3) is 0.0714. The standard InChI is InChI=1S/C42H30N2O/c1-42(2)37-15-9-8-14-34(37)35-24-31(20-22-38(35)42)44(30-18-16-28(17-19-30)27-10-4-3-5-11-27)32-21-23-39-36(25-32)40-41(45-39)33-13-7-6-12-29(33)26-43-40/h3-26H,1-2H3. The predicted octanol–water partition coefficient (Wildman–Crippen LogP) is 11.6. The Morgan fingerprint density at radius 1 is 0.556 bits per heavy atom. The summed E-state index contributed by atoms with van der Waals surface area (Å²) in [5.74, 6) is 0. The van der Waals surface area contributed by atoms with Crippen molar-refractivity contribution in [2.45, 2.75) is 19.3 Å². The van der Waals surface area contributed by atoms with Crippen molar-refractivity contribution in [2.24, 2.45) is 0 Å².